The van der Waals surface area contributed by atoms with Gasteiger partial charge in [-0.3, -0.25) is 9.36 Å². The maximum atomic E-state index is 12.5. The summed E-state index contributed by atoms with van der Waals surface area (Å²) < 4.78 is 3.55. The second kappa shape index (κ2) is 3.41. The molecular formula is C13H12N4O. The molecule has 0 saturated heterocycles. The summed E-state index contributed by atoms with van der Waals surface area (Å²) in [5, 5.41) is 8.72. The molecule has 0 unspecified atom stereocenters. The van der Waals surface area contributed by atoms with Crippen LogP contribution < -0.4 is 5.56 Å². The molecule has 2 aromatic heterocycles. The fraction of sp³-hybridized carbons (Fsp3) is 0.308. The van der Waals surface area contributed by atoms with Gasteiger partial charge in [0.2, 0.25) is 0 Å². The van der Waals surface area contributed by atoms with Crippen LogP contribution >= 0.6 is 0 Å². The summed E-state index contributed by atoms with van der Waals surface area (Å²) in [6.45, 7) is 0.778. The first-order chi connectivity index (χ1) is 8.84. The largest absolute Gasteiger partial charge is 0.291 e. The maximum absolute atomic E-state index is 12.5. The molecule has 1 aliphatic rings. The monoisotopic (exact) mass is 240 g/mol. The number of hydrogen-bond acceptors (Lipinski definition) is 3. The lowest BCUT2D eigenvalue weighted by atomic mass is 10.2. The highest BCUT2D eigenvalue weighted by Crippen LogP contribution is 2.30. The first kappa shape index (κ1) is 9.82. The van der Waals surface area contributed by atoms with Crippen LogP contribution in [0.15, 0.2) is 35.3 Å². The number of aromatic nitrogens is 4. The Morgan fingerprint density at radius 2 is 2.11 bits per heavy atom. The normalized spacial score (nSPS) is 15.6. The van der Waals surface area contributed by atoms with E-state index in [0.29, 0.717) is 11.3 Å². The summed E-state index contributed by atoms with van der Waals surface area (Å²) in [7, 11) is 0. The van der Waals surface area contributed by atoms with Crippen LogP contribution in [0.5, 0.6) is 0 Å². The lowest BCUT2D eigenvalue weighted by molar-refractivity contribution is 0.618. The van der Waals surface area contributed by atoms with Gasteiger partial charge in [-0.05, 0) is 30.9 Å². The molecule has 0 amide bonds. The first-order valence-electron chi connectivity index (χ1n) is 6.16. The summed E-state index contributed by atoms with van der Waals surface area (Å²) >= 11 is 0. The van der Waals surface area contributed by atoms with Gasteiger partial charge in [-0.2, -0.15) is 4.52 Å². The van der Waals surface area contributed by atoms with Crippen molar-refractivity contribution < 1.29 is 0 Å². The van der Waals surface area contributed by atoms with Gasteiger partial charge in [0, 0.05) is 6.54 Å². The molecule has 1 fully saturated rings. The van der Waals surface area contributed by atoms with Crippen molar-refractivity contribution in [1.82, 2.24) is 19.4 Å². The summed E-state index contributed by atoms with van der Waals surface area (Å²) in [5.74, 6) is 0.641. The van der Waals surface area contributed by atoms with Crippen LogP contribution in [0.25, 0.3) is 16.6 Å². The zero-order valence-corrected chi connectivity index (χ0v) is 9.78. The molecule has 5 heteroatoms. The minimum absolute atomic E-state index is 0.0623. The minimum Gasteiger partial charge on any atom is -0.291 e. The van der Waals surface area contributed by atoms with E-state index in [1.807, 2.05) is 24.3 Å². The zero-order valence-electron chi connectivity index (χ0n) is 9.78. The highest BCUT2D eigenvalue weighted by atomic mass is 16.1. The Labute approximate surface area is 103 Å². The molecule has 90 valence electrons. The first-order valence-corrected chi connectivity index (χ1v) is 6.16. The van der Waals surface area contributed by atoms with Gasteiger partial charge in [-0.1, -0.05) is 17.3 Å². The smallest absolute Gasteiger partial charge is 0.261 e. The van der Waals surface area contributed by atoms with Crippen LogP contribution in [0.3, 0.4) is 0 Å². The number of para-hydroxylation sites is 1. The molecule has 4 rings (SSSR count). The Balaban J connectivity index is 2.15. The van der Waals surface area contributed by atoms with Crippen molar-refractivity contribution in [3.8, 4) is 0 Å². The predicted octanol–water partition coefficient (Wildman–Crippen LogP) is 1.45. The van der Waals surface area contributed by atoms with E-state index in [2.05, 4.69) is 10.3 Å². The molecule has 18 heavy (non-hydrogen) atoms. The number of hydrogen-bond donors (Lipinski definition) is 0. The molecule has 0 N–H and O–H groups in total. The lowest BCUT2D eigenvalue weighted by Crippen LogP contribution is -2.23. The highest BCUT2D eigenvalue weighted by Gasteiger charge is 2.24. The molecule has 0 radical (unpaired) electrons. The van der Waals surface area contributed by atoms with Crippen LogP contribution in [-0.4, -0.2) is 19.4 Å². The van der Waals surface area contributed by atoms with Crippen molar-refractivity contribution in [2.45, 2.75) is 19.4 Å². The second-order valence-electron chi connectivity index (χ2n) is 4.88. The van der Waals surface area contributed by atoms with Crippen molar-refractivity contribution in [3.05, 3.63) is 40.8 Å². The van der Waals surface area contributed by atoms with Crippen molar-refractivity contribution in [3.63, 3.8) is 0 Å². The van der Waals surface area contributed by atoms with E-state index in [1.165, 1.54) is 12.8 Å². The van der Waals surface area contributed by atoms with Gasteiger partial charge in [-0.25, -0.2) is 0 Å². The van der Waals surface area contributed by atoms with E-state index < -0.39 is 0 Å². The quantitative estimate of drug-likeness (QED) is 0.681. The van der Waals surface area contributed by atoms with Gasteiger partial charge in [-0.15, -0.1) is 5.10 Å². The molecule has 0 aliphatic heterocycles. The molecule has 0 atom stereocenters. The molecule has 5 nitrogen and oxygen atoms in total. The summed E-state index contributed by atoms with van der Waals surface area (Å²) in [4.78, 5) is 12.5. The average molecular weight is 240 g/mol. The Kier molecular flexibility index (Phi) is 1.86. The second-order valence-corrected chi connectivity index (χ2v) is 4.88. The van der Waals surface area contributed by atoms with Crippen LogP contribution in [0.2, 0.25) is 0 Å². The van der Waals surface area contributed by atoms with E-state index in [9.17, 15) is 4.79 Å². The molecule has 1 saturated carbocycles. The van der Waals surface area contributed by atoms with Gasteiger partial charge in [0.25, 0.3) is 5.56 Å². The standard InChI is InChI=1S/C13H12N4O/c18-13-10-3-1-2-4-11(10)17-12(7-14-15-17)16(13)8-9-5-6-9/h1-4,7,9H,5-6,8H2. The SMILES string of the molecule is O=c1c2ccccc2n2nncc2n1CC1CC1. The van der Waals surface area contributed by atoms with Crippen LogP contribution in [-0.2, 0) is 6.54 Å². The van der Waals surface area contributed by atoms with E-state index >= 15 is 0 Å². The molecule has 0 bridgehead atoms. The third-order valence-electron chi connectivity index (χ3n) is 3.55. The molecule has 1 aromatic carbocycles. The Bertz CT molecular complexity index is 797. The Morgan fingerprint density at radius 1 is 1.28 bits per heavy atom. The van der Waals surface area contributed by atoms with E-state index in [4.69, 9.17) is 0 Å². The third-order valence-corrected chi connectivity index (χ3v) is 3.55. The predicted molar refractivity (Wildman–Crippen MR) is 67.5 cm³/mol. The number of benzene rings is 1. The van der Waals surface area contributed by atoms with Gasteiger partial charge in [0.15, 0.2) is 5.65 Å². The highest BCUT2D eigenvalue weighted by molar-refractivity contribution is 5.80. The third kappa shape index (κ3) is 1.30. The number of nitrogens with zero attached hydrogens (tertiary/aromatic N) is 4. The minimum atomic E-state index is 0.0623. The summed E-state index contributed by atoms with van der Waals surface area (Å²) in [6.07, 6.45) is 4.09. The lowest BCUT2D eigenvalue weighted by Gasteiger charge is -2.09. The summed E-state index contributed by atoms with van der Waals surface area (Å²) in [5.41, 5.74) is 1.67. The van der Waals surface area contributed by atoms with Crippen LogP contribution in [0.4, 0.5) is 0 Å². The van der Waals surface area contributed by atoms with Crippen LogP contribution in [0, 0.1) is 5.92 Å². The summed E-state index contributed by atoms with van der Waals surface area (Å²) in [6, 6.07) is 7.55. The van der Waals surface area contributed by atoms with Gasteiger partial charge in [0.1, 0.15) is 0 Å². The zero-order chi connectivity index (χ0) is 12.1. The topological polar surface area (TPSA) is 52.2 Å². The molecular weight excluding hydrogens is 228 g/mol. The van der Waals surface area contributed by atoms with E-state index in [0.717, 1.165) is 17.7 Å². The Morgan fingerprint density at radius 3 is 2.94 bits per heavy atom. The van der Waals surface area contributed by atoms with E-state index in [-0.39, 0.29) is 5.56 Å². The Hall–Kier alpha value is -2.17. The number of fused-ring (bicyclic) bond motifs is 3. The van der Waals surface area contributed by atoms with Gasteiger partial charge in [0.05, 0.1) is 17.1 Å². The van der Waals surface area contributed by atoms with Crippen molar-refractivity contribution >= 4 is 16.6 Å². The van der Waals surface area contributed by atoms with Crippen molar-refractivity contribution in [2.75, 3.05) is 0 Å². The average Bonchev–Trinajstić information content (AvgIpc) is 3.08. The molecule has 3 aromatic rings. The van der Waals surface area contributed by atoms with E-state index in [1.54, 1.807) is 15.3 Å². The maximum Gasteiger partial charge on any atom is 0.261 e. The fourth-order valence-corrected chi connectivity index (χ4v) is 2.41. The van der Waals surface area contributed by atoms with Crippen molar-refractivity contribution in [1.29, 1.82) is 0 Å². The van der Waals surface area contributed by atoms with Gasteiger partial charge < -0.3 is 0 Å². The van der Waals surface area contributed by atoms with Gasteiger partial charge >= 0.3 is 0 Å². The fourth-order valence-electron chi connectivity index (χ4n) is 2.41. The molecule has 2 heterocycles. The molecule has 0 spiro atoms. The molecule has 1 aliphatic carbocycles. The number of rotatable bonds is 2. The van der Waals surface area contributed by atoms with Crippen molar-refractivity contribution in [2.24, 2.45) is 5.92 Å². The van der Waals surface area contributed by atoms with Crippen LogP contribution in [0.1, 0.15) is 12.8 Å².